The minimum Gasteiger partial charge on any atom is -0.393 e. The van der Waals surface area contributed by atoms with Crippen molar-refractivity contribution in [3.63, 3.8) is 0 Å². The Labute approximate surface area is 86.0 Å². The van der Waals surface area contributed by atoms with E-state index in [1.54, 1.807) is 0 Å². The van der Waals surface area contributed by atoms with Crippen LogP contribution in [0, 0.1) is 5.41 Å². The standard InChI is InChI=1S/C12H20O2/c1-11(2)5-4-6-12(3)10(11)7-9(8-13)14-12/h7,9,13H,4-6,8H2,1-3H3/t9-,12-/m1/s1. The van der Waals surface area contributed by atoms with Gasteiger partial charge in [-0.3, -0.25) is 0 Å². The molecule has 1 aliphatic carbocycles. The molecule has 2 heteroatoms. The topological polar surface area (TPSA) is 29.5 Å². The maximum Gasteiger partial charge on any atom is 0.100 e. The van der Waals surface area contributed by atoms with E-state index in [4.69, 9.17) is 9.84 Å². The number of hydrogen-bond donors (Lipinski definition) is 1. The lowest BCUT2D eigenvalue weighted by Crippen LogP contribution is -2.39. The lowest BCUT2D eigenvalue weighted by atomic mass is 9.67. The molecule has 2 rings (SSSR count). The van der Waals surface area contributed by atoms with Crippen molar-refractivity contribution < 1.29 is 9.84 Å². The Morgan fingerprint density at radius 2 is 2.14 bits per heavy atom. The van der Waals surface area contributed by atoms with Crippen LogP contribution in [0.5, 0.6) is 0 Å². The molecule has 0 saturated heterocycles. The summed E-state index contributed by atoms with van der Waals surface area (Å²) in [6.07, 6.45) is 5.61. The van der Waals surface area contributed by atoms with Crippen molar-refractivity contribution in [1.29, 1.82) is 0 Å². The lowest BCUT2D eigenvalue weighted by Gasteiger charge is -2.42. The molecule has 0 aromatic heterocycles. The van der Waals surface area contributed by atoms with Crippen LogP contribution in [-0.4, -0.2) is 23.4 Å². The second-order valence-corrected chi connectivity index (χ2v) is 5.39. The number of ether oxygens (including phenoxy) is 1. The van der Waals surface area contributed by atoms with Crippen molar-refractivity contribution in [1.82, 2.24) is 0 Å². The molecule has 0 unspecified atom stereocenters. The van der Waals surface area contributed by atoms with Crippen LogP contribution in [0.2, 0.25) is 0 Å². The molecule has 0 radical (unpaired) electrons. The monoisotopic (exact) mass is 196 g/mol. The molecule has 0 aromatic carbocycles. The summed E-state index contributed by atoms with van der Waals surface area (Å²) < 4.78 is 5.90. The number of hydrogen-bond acceptors (Lipinski definition) is 2. The van der Waals surface area contributed by atoms with Crippen LogP contribution in [0.1, 0.15) is 40.0 Å². The van der Waals surface area contributed by atoms with Gasteiger partial charge in [0.25, 0.3) is 0 Å². The van der Waals surface area contributed by atoms with Gasteiger partial charge in [-0.05, 0) is 37.2 Å². The van der Waals surface area contributed by atoms with Gasteiger partial charge in [-0.1, -0.05) is 19.9 Å². The normalized spacial score (nSPS) is 40.6. The highest BCUT2D eigenvalue weighted by Crippen LogP contribution is 2.50. The molecule has 0 spiro atoms. The third kappa shape index (κ3) is 1.41. The minimum absolute atomic E-state index is 0.0765. The summed E-state index contributed by atoms with van der Waals surface area (Å²) in [5, 5.41) is 9.13. The largest absolute Gasteiger partial charge is 0.393 e. The fourth-order valence-electron chi connectivity index (χ4n) is 3.02. The van der Waals surface area contributed by atoms with Crippen LogP contribution < -0.4 is 0 Å². The second kappa shape index (κ2) is 3.07. The Bertz CT molecular complexity index is 267. The van der Waals surface area contributed by atoms with Gasteiger partial charge in [0.2, 0.25) is 0 Å². The summed E-state index contributed by atoms with van der Waals surface area (Å²) in [5.41, 5.74) is 1.54. The van der Waals surface area contributed by atoms with Gasteiger partial charge in [0.05, 0.1) is 12.2 Å². The van der Waals surface area contributed by atoms with E-state index >= 15 is 0 Å². The highest BCUT2D eigenvalue weighted by molar-refractivity contribution is 5.30. The molecule has 0 amide bonds. The van der Waals surface area contributed by atoms with Crippen molar-refractivity contribution in [3.05, 3.63) is 11.6 Å². The average Bonchev–Trinajstić information content (AvgIpc) is 2.43. The Morgan fingerprint density at radius 1 is 1.43 bits per heavy atom. The van der Waals surface area contributed by atoms with Crippen LogP contribution in [0.3, 0.4) is 0 Å². The van der Waals surface area contributed by atoms with Gasteiger partial charge in [0, 0.05) is 0 Å². The van der Waals surface area contributed by atoms with Crippen LogP contribution in [0.25, 0.3) is 0 Å². The average molecular weight is 196 g/mol. The second-order valence-electron chi connectivity index (χ2n) is 5.39. The van der Waals surface area contributed by atoms with Gasteiger partial charge in [-0.15, -0.1) is 0 Å². The molecule has 1 heterocycles. The third-order valence-corrected chi connectivity index (χ3v) is 3.70. The zero-order chi connectivity index (χ0) is 10.4. The summed E-state index contributed by atoms with van der Waals surface area (Å²) in [4.78, 5) is 0. The number of aliphatic hydroxyl groups excluding tert-OH is 1. The van der Waals surface area contributed by atoms with E-state index in [2.05, 4.69) is 26.8 Å². The van der Waals surface area contributed by atoms with Crippen molar-refractivity contribution in [2.45, 2.75) is 51.7 Å². The molecule has 2 atom stereocenters. The SMILES string of the molecule is CC1(C)CCC[C@@]2(C)O[C@@H](CO)C=C12. The Kier molecular flexibility index (Phi) is 2.24. The molecule has 0 aromatic rings. The van der Waals surface area contributed by atoms with Crippen molar-refractivity contribution in [2.24, 2.45) is 5.41 Å². The Balaban J connectivity index is 2.32. The highest BCUT2D eigenvalue weighted by Gasteiger charge is 2.47. The first-order valence-corrected chi connectivity index (χ1v) is 5.49. The zero-order valence-electron chi connectivity index (χ0n) is 9.34. The first-order chi connectivity index (χ1) is 6.48. The molecular weight excluding hydrogens is 176 g/mol. The number of aliphatic hydroxyl groups is 1. The van der Waals surface area contributed by atoms with E-state index in [1.165, 1.54) is 18.4 Å². The molecule has 2 nitrogen and oxygen atoms in total. The minimum atomic E-state index is -0.102. The van der Waals surface area contributed by atoms with E-state index in [-0.39, 0.29) is 23.7 Å². The molecular formula is C12H20O2. The van der Waals surface area contributed by atoms with E-state index in [0.29, 0.717) is 0 Å². The molecule has 1 fully saturated rings. The van der Waals surface area contributed by atoms with E-state index in [9.17, 15) is 0 Å². The summed E-state index contributed by atoms with van der Waals surface area (Å²) in [5.74, 6) is 0. The molecule has 14 heavy (non-hydrogen) atoms. The molecule has 1 N–H and O–H groups in total. The van der Waals surface area contributed by atoms with Crippen LogP contribution in [0.4, 0.5) is 0 Å². The first kappa shape index (κ1) is 10.2. The van der Waals surface area contributed by atoms with Crippen LogP contribution >= 0.6 is 0 Å². The van der Waals surface area contributed by atoms with E-state index in [1.807, 2.05) is 0 Å². The lowest BCUT2D eigenvalue weighted by molar-refractivity contribution is -0.0590. The number of fused-ring (bicyclic) bond motifs is 1. The van der Waals surface area contributed by atoms with Gasteiger partial charge in [-0.2, -0.15) is 0 Å². The predicted octanol–water partition coefficient (Wildman–Crippen LogP) is 2.27. The van der Waals surface area contributed by atoms with E-state index in [0.717, 1.165) is 6.42 Å². The summed E-state index contributed by atoms with van der Waals surface area (Å²) in [7, 11) is 0. The number of rotatable bonds is 1. The Morgan fingerprint density at radius 3 is 2.71 bits per heavy atom. The molecule has 2 aliphatic rings. The fourth-order valence-corrected chi connectivity index (χ4v) is 3.02. The van der Waals surface area contributed by atoms with Gasteiger partial charge in [0.1, 0.15) is 6.10 Å². The predicted molar refractivity (Wildman–Crippen MR) is 56.1 cm³/mol. The van der Waals surface area contributed by atoms with Crippen molar-refractivity contribution >= 4 is 0 Å². The highest BCUT2D eigenvalue weighted by atomic mass is 16.5. The summed E-state index contributed by atoms with van der Waals surface area (Å²) >= 11 is 0. The summed E-state index contributed by atoms with van der Waals surface area (Å²) in [6.45, 7) is 6.82. The molecule has 1 aliphatic heterocycles. The third-order valence-electron chi connectivity index (χ3n) is 3.70. The molecule has 1 saturated carbocycles. The van der Waals surface area contributed by atoms with Crippen LogP contribution in [0.15, 0.2) is 11.6 Å². The molecule has 0 bridgehead atoms. The van der Waals surface area contributed by atoms with E-state index < -0.39 is 0 Å². The van der Waals surface area contributed by atoms with Gasteiger partial charge >= 0.3 is 0 Å². The van der Waals surface area contributed by atoms with Gasteiger partial charge in [0.15, 0.2) is 0 Å². The maximum absolute atomic E-state index is 9.13. The smallest absolute Gasteiger partial charge is 0.100 e. The van der Waals surface area contributed by atoms with Gasteiger partial charge in [-0.25, -0.2) is 0 Å². The van der Waals surface area contributed by atoms with Crippen LogP contribution in [-0.2, 0) is 4.74 Å². The Hall–Kier alpha value is -0.340. The summed E-state index contributed by atoms with van der Waals surface area (Å²) in [6, 6.07) is 0. The first-order valence-electron chi connectivity index (χ1n) is 5.49. The van der Waals surface area contributed by atoms with Crippen molar-refractivity contribution in [3.8, 4) is 0 Å². The molecule has 80 valence electrons. The van der Waals surface area contributed by atoms with Gasteiger partial charge < -0.3 is 9.84 Å². The maximum atomic E-state index is 9.13. The quantitative estimate of drug-likeness (QED) is 0.652. The fraction of sp³-hybridized carbons (Fsp3) is 0.833. The van der Waals surface area contributed by atoms with Crippen molar-refractivity contribution in [2.75, 3.05) is 6.61 Å². The zero-order valence-corrected chi connectivity index (χ0v) is 9.34.